The van der Waals surface area contributed by atoms with Crippen molar-refractivity contribution in [2.75, 3.05) is 13.1 Å². The fourth-order valence-electron chi connectivity index (χ4n) is 2.81. The van der Waals surface area contributed by atoms with Crippen molar-refractivity contribution in [1.82, 2.24) is 19.7 Å². The maximum atomic E-state index is 10.9. The highest BCUT2D eigenvalue weighted by molar-refractivity contribution is 5.68. The van der Waals surface area contributed by atoms with Gasteiger partial charge in [0.15, 0.2) is 12.1 Å². The summed E-state index contributed by atoms with van der Waals surface area (Å²) in [5.41, 5.74) is 1.35. The van der Waals surface area contributed by atoms with E-state index < -0.39 is 0 Å². The first-order chi connectivity index (χ1) is 9.86. The maximum Gasteiger partial charge on any atom is 0.196 e. The molecule has 2 heterocycles. The van der Waals surface area contributed by atoms with Gasteiger partial charge in [-0.2, -0.15) is 0 Å². The summed E-state index contributed by atoms with van der Waals surface area (Å²) in [6, 6.07) is 10.9. The summed E-state index contributed by atoms with van der Waals surface area (Å²) in [4.78, 5) is 13.4. The molecule has 0 spiro atoms. The second-order valence-corrected chi connectivity index (χ2v) is 5.21. The van der Waals surface area contributed by atoms with E-state index in [-0.39, 0.29) is 0 Å². The summed E-state index contributed by atoms with van der Waals surface area (Å²) in [5, 5.41) is 7.65. The van der Waals surface area contributed by atoms with E-state index in [9.17, 15) is 4.79 Å². The van der Waals surface area contributed by atoms with Gasteiger partial charge < -0.3 is 4.57 Å². The first kappa shape index (κ1) is 13.0. The molecule has 0 atom stereocenters. The van der Waals surface area contributed by atoms with E-state index in [4.69, 9.17) is 0 Å². The summed E-state index contributed by atoms with van der Waals surface area (Å²) < 4.78 is 1.91. The molecular formula is C15H18N4O. The Hall–Kier alpha value is -2.01. The van der Waals surface area contributed by atoms with Gasteiger partial charge in [0.05, 0.1) is 0 Å². The van der Waals surface area contributed by atoms with Gasteiger partial charge in [-0.15, -0.1) is 10.2 Å². The number of piperidine rings is 1. The van der Waals surface area contributed by atoms with E-state index in [1.807, 2.05) is 10.6 Å². The Morgan fingerprint density at radius 2 is 1.95 bits per heavy atom. The predicted molar refractivity (Wildman–Crippen MR) is 75.4 cm³/mol. The number of nitrogens with zero attached hydrogens (tertiary/aromatic N) is 4. The molecule has 1 aromatic carbocycles. The lowest BCUT2D eigenvalue weighted by atomic mass is 10.0. The minimum absolute atomic E-state index is 0.345. The van der Waals surface area contributed by atoms with E-state index in [0.29, 0.717) is 11.9 Å². The fraction of sp³-hybridized carbons (Fsp3) is 0.400. The number of hydrogen-bond donors (Lipinski definition) is 0. The summed E-state index contributed by atoms with van der Waals surface area (Å²) in [7, 11) is 0. The zero-order chi connectivity index (χ0) is 13.8. The molecule has 3 rings (SSSR count). The third-order valence-corrected chi connectivity index (χ3v) is 3.91. The lowest BCUT2D eigenvalue weighted by Gasteiger charge is -2.32. The molecule has 5 nitrogen and oxygen atoms in total. The van der Waals surface area contributed by atoms with Crippen LogP contribution in [0, 0.1) is 0 Å². The highest BCUT2D eigenvalue weighted by atomic mass is 16.1. The number of rotatable bonds is 4. The van der Waals surface area contributed by atoms with Crippen LogP contribution in [-0.4, -0.2) is 39.0 Å². The molecule has 0 radical (unpaired) electrons. The lowest BCUT2D eigenvalue weighted by molar-refractivity contribution is 0.110. The van der Waals surface area contributed by atoms with Crippen LogP contribution in [-0.2, 0) is 6.54 Å². The normalized spacial score (nSPS) is 17.2. The Labute approximate surface area is 118 Å². The zero-order valence-corrected chi connectivity index (χ0v) is 11.4. The maximum absolute atomic E-state index is 10.9. The minimum Gasteiger partial charge on any atom is -0.308 e. The van der Waals surface area contributed by atoms with Gasteiger partial charge in [-0.3, -0.25) is 9.69 Å². The summed E-state index contributed by atoms with van der Waals surface area (Å²) in [5.74, 6) is 0.437. The third-order valence-electron chi connectivity index (χ3n) is 3.91. The first-order valence-corrected chi connectivity index (χ1v) is 6.98. The van der Waals surface area contributed by atoms with Gasteiger partial charge in [0.25, 0.3) is 0 Å². The van der Waals surface area contributed by atoms with Gasteiger partial charge >= 0.3 is 0 Å². The zero-order valence-electron chi connectivity index (χ0n) is 11.4. The topological polar surface area (TPSA) is 51.0 Å². The van der Waals surface area contributed by atoms with Gasteiger partial charge in [0.1, 0.15) is 6.33 Å². The molecule has 2 aromatic rings. The molecule has 1 saturated heterocycles. The Bertz CT molecular complexity index is 558. The average molecular weight is 270 g/mol. The molecule has 0 unspecified atom stereocenters. The van der Waals surface area contributed by atoms with Crippen molar-refractivity contribution >= 4 is 6.29 Å². The lowest BCUT2D eigenvalue weighted by Crippen LogP contribution is -2.34. The van der Waals surface area contributed by atoms with E-state index in [0.717, 1.165) is 38.8 Å². The van der Waals surface area contributed by atoms with Crippen molar-refractivity contribution in [1.29, 1.82) is 0 Å². The molecule has 1 aliphatic heterocycles. The van der Waals surface area contributed by atoms with Gasteiger partial charge in [0, 0.05) is 25.7 Å². The number of likely N-dealkylation sites (tertiary alicyclic amines) is 1. The fourth-order valence-corrected chi connectivity index (χ4v) is 2.81. The van der Waals surface area contributed by atoms with Crippen molar-refractivity contribution < 1.29 is 4.79 Å². The monoisotopic (exact) mass is 270 g/mol. The average Bonchev–Trinajstić information content (AvgIpc) is 2.98. The number of carbonyl (C=O) groups excluding carboxylic acids is 1. The Kier molecular flexibility index (Phi) is 3.87. The van der Waals surface area contributed by atoms with Crippen LogP contribution in [0.15, 0.2) is 36.7 Å². The molecule has 0 saturated carbocycles. The molecule has 104 valence electrons. The number of aromatic nitrogens is 3. The number of hydrogen-bond acceptors (Lipinski definition) is 4. The van der Waals surface area contributed by atoms with Crippen molar-refractivity contribution in [2.24, 2.45) is 0 Å². The van der Waals surface area contributed by atoms with E-state index in [1.165, 1.54) is 5.56 Å². The smallest absolute Gasteiger partial charge is 0.196 e. The van der Waals surface area contributed by atoms with Crippen molar-refractivity contribution in [3.63, 3.8) is 0 Å². The largest absolute Gasteiger partial charge is 0.308 e. The Morgan fingerprint density at radius 1 is 1.20 bits per heavy atom. The van der Waals surface area contributed by atoms with Crippen LogP contribution >= 0.6 is 0 Å². The Balaban J connectivity index is 1.58. The summed E-state index contributed by atoms with van der Waals surface area (Å²) >= 11 is 0. The van der Waals surface area contributed by atoms with E-state index >= 15 is 0 Å². The molecule has 5 heteroatoms. The highest BCUT2D eigenvalue weighted by Gasteiger charge is 2.22. The van der Waals surface area contributed by atoms with Crippen LogP contribution in [0.25, 0.3) is 0 Å². The van der Waals surface area contributed by atoms with Crippen LogP contribution < -0.4 is 0 Å². The van der Waals surface area contributed by atoms with Gasteiger partial charge in [-0.05, 0) is 18.4 Å². The van der Waals surface area contributed by atoms with E-state index in [1.54, 1.807) is 6.33 Å². The van der Waals surface area contributed by atoms with Crippen LogP contribution in [0.4, 0.5) is 0 Å². The molecule has 0 N–H and O–H groups in total. The first-order valence-electron chi connectivity index (χ1n) is 6.98. The molecule has 20 heavy (non-hydrogen) atoms. The molecular weight excluding hydrogens is 252 g/mol. The van der Waals surface area contributed by atoms with Crippen molar-refractivity contribution in [3.8, 4) is 0 Å². The second kappa shape index (κ2) is 5.96. The highest BCUT2D eigenvalue weighted by Crippen LogP contribution is 2.23. The van der Waals surface area contributed by atoms with E-state index in [2.05, 4.69) is 39.4 Å². The predicted octanol–water partition coefficient (Wildman–Crippen LogP) is 1.93. The number of carbonyl (C=O) groups is 1. The number of benzene rings is 1. The van der Waals surface area contributed by atoms with Gasteiger partial charge in [-0.25, -0.2) is 0 Å². The van der Waals surface area contributed by atoms with Crippen LogP contribution in [0.2, 0.25) is 0 Å². The summed E-state index contributed by atoms with van der Waals surface area (Å²) in [6.45, 7) is 3.07. The minimum atomic E-state index is 0.345. The standard InChI is InChI=1S/C15H18N4O/c20-11-15-17-16-12-19(15)14-6-8-18(9-7-14)10-13-4-2-1-3-5-13/h1-5,11-12,14H,6-10H2. The molecule has 1 fully saturated rings. The van der Waals surface area contributed by atoms with Crippen molar-refractivity contribution in [3.05, 3.63) is 48.0 Å². The molecule has 0 bridgehead atoms. The van der Waals surface area contributed by atoms with Gasteiger partial charge in [0.2, 0.25) is 0 Å². The molecule has 0 amide bonds. The molecule has 0 aliphatic carbocycles. The third kappa shape index (κ3) is 2.77. The number of aldehydes is 1. The Morgan fingerprint density at radius 3 is 2.65 bits per heavy atom. The quantitative estimate of drug-likeness (QED) is 0.797. The molecule has 1 aliphatic rings. The second-order valence-electron chi connectivity index (χ2n) is 5.21. The van der Waals surface area contributed by atoms with Crippen LogP contribution in [0.1, 0.15) is 35.1 Å². The SMILES string of the molecule is O=Cc1nncn1C1CCN(Cc2ccccc2)CC1. The molecule has 1 aromatic heterocycles. The van der Waals surface area contributed by atoms with Crippen LogP contribution in [0.5, 0.6) is 0 Å². The summed E-state index contributed by atoms with van der Waals surface area (Å²) in [6.07, 6.45) is 4.52. The van der Waals surface area contributed by atoms with Crippen LogP contribution in [0.3, 0.4) is 0 Å². The van der Waals surface area contributed by atoms with Gasteiger partial charge in [-0.1, -0.05) is 30.3 Å². The van der Waals surface area contributed by atoms with Crippen molar-refractivity contribution in [2.45, 2.75) is 25.4 Å².